The molecule has 0 fully saturated rings. The van der Waals surface area contributed by atoms with Gasteiger partial charge in [0.15, 0.2) is 11.7 Å². The third-order valence-electron chi connectivity index (χ3n) is 5.16. The van der Waals surface area contributed by atoms with Crippen LogP contribution in [0, 0.1) is 0 Å². The summed E-state index contributed by atoms with van der Waals surface area (Å²) in [5, 5.41) is 3.71. The van der Waals surface area contributed by atoms with E-state index >= 15 is 0 Å². The fourth-order valence-corrected chi connectivity index (χ4v) is 3.41. The lowest BCUT2D eigenvalue weighted by Gasteiger charge is -2.12. The highest BCUT2D eigenvalue weighted by molar-refractivity contribution is 5.98. The first-order valence-electron chi connectivity index (χ1n) is 10.5. The molecule has 190 valence electrons. The van der Waals surface area contributed by atoms with E-state index in [-0.39, 0.29) is 28.5 Å². The molecule has 0 spiro atoms. The zero-order valence-corrected chi connectivity index (χ0v) is 18.6. The second kappa shape index (κ2) is 9.85. The van der Waals surface area contributed by atoms with Crippen LogP contribution in [-0.4, -0.2) is 20.8 Å². The van der Waals surface area contributed by atoms with Crippen molar-refractivity contribution in [3.05, 3.63) is 89.9 Å². The van der Waals surface area contributed by atoms with E-state index in [0.29, 0.717) is 28.8 Å². The van der Waals surface area contributed by atoms with E-state index in [1.807, 2.05) is 0 Å². The van der Waals surface area contributed by atoms with E-state index in [1.54, 1.807) is 42.5 Å². The van der Waals surface area contributed by atoms with Crippen LogP contribution >= 0.6 is 0 Å². The van der Waals surface area contributed by atoms with Crippen LogP contribution < -0.4 is 17.1 Å². The number of rotatable bonds is 5. The van der Waals surface area contributed by atoms with Gasteiger partial charge in [-0.25, -0.2) is 21.3 Å². The maximum absolute atomic E-state index is 13.6. The second-order valence-electron chi connectivity index (χ2n) is 7.68. The molecule has 5 N–H and O–H groups in total. The number of benzene rings is 2. The van der Waals surface area contributed by atoms with Crippen molar-refractivity contribution in [2.45, 2.75) is 12.4 Å². The predicted molar refractivity (Wildman–Crippen MR) is 124 cm³/mol. The van der Waals surface area contributed by atoms with Gasteiger partial charge in [0.25, 0.3) is 0 Å². The average Bonchev–Trinajstić information content (AvgIpc) is 2.88. The number of alkyl halides is 6. The zero-order chi connectivity index (χ0) is 26.8. The molecule has 4 aromatic rings. The van der Waals surface area contributed by atoms with Crippen LogP contribution in [0.5, 0.6) is 0 Å². The third-order valence-corrected chi connectivity index (χ3v) is 5.16. The second-order valence-corrected chi connectivity index (χ2v) is 7.68. The number of nitrogens with two attached hydrogens (primary N) is 2. The molecule has 0 amide bonds. The van der Waals surface area contributed by atoms with Crippen molar-refractivity contribution in [2.75, 3.05) is 0 Å². The highest BCUT2D eigenvalue weighted by Crippen LogP contribution is 2.34. The normalized spacial score (nSPS) is 12.5. The molecule has 0 saturated heterocycles. The summed E-state index contributed by atoms with van der Waals surface area (Å²) in [4.78, 5) is 11.2. The van der Waals surface area contributed by atoms with Crippen LogP contribution in [0.15, 0.2) is 78.0 Å². The molecular formula is C24H17F6N7. The molecule has 0 aliphatic heterocycles. The first-order valence-corrected chi connectivity index (χ1v) is 10.5. The summed E-state index contributed by atoms with van der Waals surface area (Å²) in [5.41, 5.74) is 7.34. The Kier molecular flexibility index (Phi) is 6.81. The highest BCUT2D eigenvalue weighted by Gasteiger charge is 2.35. The number of hydrazone groups is 1. The number of nitrogens with zero attached hydrogens (tertiary/aromatic N) is 4. The lowest BCUT2D eigenvalue weighted by Crippen LogP contribution is -2.22. The van der Waals surface area contributed by atoms with Gasteiger partial charge in [-0.05, 0) is 41.5 Å². The number of amidine groups is 1. The van der Waals surface area contributed by atoms with E-state index in [1.165, 1.54) is 6.07 Å². The van der Waals surface area contributed by atoms with E-state index in [0.717, 1.165) is 12.3 Å². The van der Waals surface area contributed by atoms with Gasteiger partial charge in [-0.1, -0.05) is 36.4 Å². The topological polar surface area (TPSA) is 115 Å². The van der Waals surface area contributed by atoms with Crippen LogP contribution in [0.2, 0.25) is 0 Å². The smallest absolute Gasteiger partial charge is 0.382 e. The first kappa shape index (κ1) is 25.6. The molecule has 13 heteroatoms. The van der Waals surface area contributed by atoms with Gasteiger partial charge in [0.1, 0.15) is 11.4 Å². The summed E-state index contributed by atoms with van der Waals surface area (Å²) < 4.78 is 79.5. The van der Waals surface area contributed by atoms with Crippen LogP contribution in [0.3, 0.4) is 0 Å². The van der Waals surface area contributed by atoms with E-state index in [9.17, 15) is 26.3 Å². The summed E-state index contributed by atoms with van der Waals surface area (Å²) in [5.74, 6) is 5.01. The molecule has 37 heavy (non-hydrogen) atoms. The van der Waals surface area contributed by atoms with Crippen LogP contribution in [0.25, 0.3) is 33.8 Å². The molecule has 7 nitrogen and oxygen atoms in total. The van der Waals surface area contributed by atoms with Gasteiger partial charge in [-0.2, -0.15) is 26.3 Å². The maximum Gasteiger partial charge on any atom is 0.433 e. The molecule has 0 bridgehead atoms. The Bertz CT molecular complexity index is 1450. The lowest BCUT2D eigenvalue weighted by atomic mass is 10.0. The summed E-state index contributed by atoms with van der Waals surface area (Å²) in [6.07, 6.45) is -8.70. The van der Waals surface area contributed by atoms with Gasteiger partial charge in [0, 0.05) is 22.9 Å². The molecule has 2 aromatic heterocycles. The molecule has 0 atom stereocenters. The van der Waals surface area contributed by atoms with E-state index in [4.69, 9.17) is 11.6 Å². The Morgan fingerprint density at radius 1 is 0.730 bits per heavy atom. The van der Waals surface area contributed by atoms with Crippen molar-refractivity contribution in [2.24, 2.45) is 16.7 Å². The molecule has 0 unspecified atom stereocenters. The molecule has 0 aliphatic carbocycles. The average molecular weight is 517 g/mol. The maximum atomic E-state index is 13.6. The molecule has 0 aliphatic rings. The van der Waals surface area contributed by atoms with Crippen molar-refractivity contribution in [1.29, 1.82) is 0 Å². The zero-order valence-electron chi connectivity index (χ0n) is 18.6. The van der Waals surface area contributed by atoms with Crippen LogP contribution in [0.1, 0.15) is 17.0 Å². The molecule has 2 aromatic carbocycles. The van der Waals surface area contributed by atoms with Crippen molar-refractivity contribution in [1.82, 2.24) is 20.5 Å². The van der Waals surface area contributed by atoms with Crippen molar-refractivity contribution in [3.63, 3.8) is 0 Å². The van der Waals surface area contributed by atoms with Crippen LogP contribution in [-0.2, 0) is 12.4 Å². The molecule has 0 saturated carbocycles. The molecule has 4 rings (SSSR count). The SMILES string of the molecule is NN/N=C(\N)c1cccc(-c2cccc(-c3nc(-c4ccc(C(F)(F)F)nc4)cc(C(F)(F)F)n3)c2)c1. The summed E-state index contributed by atoms with van der Waals surface area (Å²) in [7, 11) is 0. The fraction of sp³-hybridized carbons (Fsp3) is 0.0833. The molecule has 2 heterocycles. The quantitative estimate of drug-likeness (QED) is 0.113. The van der Waals surface area contributed by atoms with Crippen LogP contribution in [0.4, 0.5) is 26.3 Å². The van der Waals surface area contributed by atoms with E-state index < -0.39 is 23.7 Å². The Hall–Kier alpha value is -4.52. The van der Waals surface area contributed by atoms with Gasteiger partial charge >= 0.3 is 12.4 Å². The van der Waals surface area contributed by atoms with Gasteiger partial charge in [0.05, 0.1) is 5.69 Å². The predicted octanol–water partition coefficient (Wildman–Crippen LogP) is 4.99. The standard InChI is InChI=1S/C24H17F6N7/c25-23(26,27)19-8-7-17(12-33-19)18-11-20(24(28,29)30)35-22(34-18)16-6-2-4-14(10-16)13-3-1-5-15(9-13)21(31)36-37-32/h1-12,37H,32H2,(H2,31,36). The monoisotopic (exact) mass is 517 g/mol. The number of pyridine rings is 1. The number of hydrogen-bond donors (Lipinski definition) is 3. The third kappa shape index (κ3) is 5.83. The number of halogens is 6. The number of nitrogens with one attached hydrogen (secondary N) is 1. The minimum atomic E-state index is -4.83. The Labute approximate surface area is 205 Å². The van der Waals surface area contributed by atoms with Crippen molar-refractivity contribution in [3.8, 4) is 33.8 Å². The Morgan fingerprint density at radius 2 is 1.38 bits per heavy atom. The first-order chi connectivity index (χ1) is 17.5. The number of aromatic nitrogens is 3. The van der Waals surface area contributed by atoms with Crippen molar-refractivity contribution < 1.29 is 26.3 Å². The Balaban J connectivity index is 1.79. The minimum absolute atomic E-state index is 0.0331. The largest absolute Gasteiger partial charge is 0.433 e. The fourth-order valence-electron chi connectivity index (χ4n) is 3.41. The van der Waals surface area contributed by atoms with Gasteiger partial charge in [-0.15, -0.1) is 5.10 Å². The minimum Gasteiger partial charge on any atom is -0.382 e. The molecular weight excluding hydrogens is 500 g/mol. The lowest BCUT2D eigenvalue weighted by molar-refractivity contribution is -0.141. The Morgan fingerprint density at radius 3 is 2.00 bits per heavy atom. The number of hydrogen-bond acceptors (Lipinski definition) is 6. The summed E-state index contributed by atoms with van der Waals surface area (Å²) in [6.45, 7) is 0. The highest BCUT2D eigenvalue weighted by atomic mass is 19.4. The van der Waals surface area contributed by atoms with Gasteiger partial charge in [-0.3, -0.25) is 4.98 Å². The van der Waals surface area contributed by atoms with Gasteiger partial charge in [0.2, 0.25) is 0 Å². The summed E-state index contributed by atoms with van der Waals surface area (Å²) in [6, 6.07) is 15.7. The van der Waals surface area contributed by atoms with Gasteiger partial charge < -0.3 is 5.73 Å². The van der Waals surface area contributed by atoms with E-state index in [2.05, 4.69) is 25.6 Å². The summed E-state index contributed by atoms with van der Waals surface area (Å²) >= 11 is 0. The van der Waals surface area contributed by atoms with Crippen molar-refractivity contribution >= 4 is 5.84 Å². The number of hydrazine groups is 1. The molecule has 0 radical (unpaired) electrons.